The molecule has 1 aromatic rings. The molecule has 7 nitrogen and oxygen atoms in total. The molecule has 1 aliphatic rings. The monoisotopic (exact) mass is 390 g/mol. The minimum Gasteiger partial charge on any atom is -0.385 e. The van der Waals surface area contributed by atoms with Gasteiger partial charge < -0.3 is 4.74 Å². The van der Waals surface area contributed by atoms with Crippen molar-refractivity contribution < 1.29 is 21.6 Å². The molecule has 1 fully saturated rings. The van der Waals surface area contributed by atoms with Crippen molar-refractivity contribution in [2.45, 2.75) is 36.0 Å². The molecule has 0 aliphatic carbocycles. The Kier molecular flexibility index (Phi) is 6.98. The molecule has 0 spiro atoms. The summed E-state index contributed by atoms with van der Waals surface area (Å²) in [6.07, 6.45) is 2.25. The first-order valence-corrected chi connectivity index (χ1v) is 11.3. The summed E-state index contributed by atoms with van der Waals surface area (Å²) < 4.78 is 58.5. The molecule has 1 aliphatic heterocycles. The van der Waals surface area contributed by atoms with Crippen LogP contribution in [-0.4, -0.2) is 54.5 Å². The van der Waals surface area contributed by atoms with Crippen molar-refractivity contribution in [2.75, 3.05) is 33.4 Å². The Morgan fingerprint density at radius 3 is 2.20 bits per heavy atom. The normalized spacial score (nSPS) is 17.7. The number of sulfonamides is 2. The van der Waals surface area contributed by atoms with Crippen LogP contribution < -0.4 is 4.72 Å². The van der Waals surface area contributed by atoms with Crippen LogP contribution in [0.5, 0.6) is 0 Å². The number of methoxy groups -OCH3 is 1. The quantitative estimate of drug-likeness (QED) is 0.678. The third-order valence-electron chi connectivity index (χ3n) is 4.33. The summed E-state index contributed by atoms with van der Waals surface area (Å²) in [6, 6.07) is 5.38. The van der Waals surface area contributed by atoms with E-state index in [1.54, 1.807) is 7.11 Å². The van der Waals surface area contributed by atoms with Crippen molar-refractivity contribution in [3.05, 3.63) is 24.3 Å². The van der Waals surface area contributed by atoms with Crippen LogP contribution in [0.4, 0.5) is 0 Å². The van der Waals surface area contributed by atoms with Crippen LogP contribution in [0.2, 0.25) is 0 Å². The Balaban J connectivity index is 2.08. The van der Waals surface area contributed by atoms with Gasteiger partial charge in [-0.15, -0.1) is 0 Å². The molecule has 1 N–H and O–H groups in total. The minimum atomic E-state index is -3.65. The first-order valence-electron chi connectivity index (χ1n) is 8.36. The van der Waals surface area contributed by atoms with E-state index >= 15 is 0 Å². The lowest BCUT2D eigenvalue weighted by Crippen LogP contribution is -2.37. The lowest BCUT2D eigenvalue weighted by atomic mass is 10.0. The van der Waals surface area contributed by atoms with Gasteiger partial charge in [-0.25, -0.2) is 21.6 Å². The molecule has 0 radical (unpaired) electrons. The Bertz CT molecular complexity index is 752. The van der Waals surface area contributed by atoms with Crippen LogP contribution in [-0.2, 0) is 24.8 Å². The van der Waals surface area contributed by atoms with Gasteiger partial charge >= 0.3 is 0 Å². The molecule has 142 valence electrons. The summed E-state index contributed by atoms with van der Waals surface area (Å²) in [5, 5.41) is 0. The van der Waals surface area contributed by atoms with Crippen molar-refractivity contribution in [1.82, 2.24) is 9.03 Å². The van der Waals surface area contributed by atoms with E-state index in [0.717, 1.165) is 12.8 Å². The van der Waals surface area contributed by atoms with Gasteiger partial charge in [0, 0.05) is 33.4 Å². The van der Waals surface area contributed by atoms with Gasteiger partial charge in [0.1, 0.15) is 0 Å². The maximum absolute atomic E-state index is 12.6. The molecule has 1 aromatic carbocycles. The third-order valence-corrected chi connectivity index (χ3v) is 7.72. The Hall–Kier alpha value is -1.00. The van der Waals surface area contributed by atoms with E-state index in [0.29, 0.717) is 32.0 Å². The zero-order chi connectivity index (χ0) is 18.5. The molecule has 0 unspecified atom stereocenters. The molecule has 1 saturated heterocycles. The predicted molar refractivity (Wildman–Crippen MR) is 95.3 cm³/mol. The third kappa shape index (κ3) is 5.24. The second-order valence-electron chi connectivity index (χ2n) is 6.30. The topological polar surface area (TPSA) is 92.8 Å². The van der Waals surface area contributed by atoms with Crippen LogP contribution in [0.15, 0.2) is 34.1 Å². The molecule has 25 heavy (non-hydrogen) atoms. The molecular weight excluding hydrogens is 364 g/mol. The van der Waals surface area contributed by atoms with E-state index in [2.05, 4.69) is 11.6 Å². The van der Waals surface area contributed by atoms with Crippen molar-refractivity contribution in [1.29, 1.82) is 0 Å². The molecule has 0 aromatic heterocycles. The maximum Gasteiger partial charge on any atom is 0.243 e. The first-order chi connectivity index (χ1) is 11.8. The molecule has 9 heteroatoms. The fourth-order valence-corrected chi connectivity index (χ4v) is 5.22. The standard InChI is InChI=1S/C16H26N2O5S2/c1-14-8-11-18(12-9-14)25(21,22)16-6-4-15(5-7-16)24(19,20)17-10-3-13-23-2/h4-7,14,17H,3,8-13H2,1-2H3. The van der Waals surface area contributed by atoms with Gasteiger partial charge in [-0.1, -0.05) is 6.92 Å². The van der Waals surface area contributed by atoms with Gasteiger partial charge in [0.15, 0.2) is 0 Å². The molecule has 1 heterocycles. The average Bonchev–Trinajstić information content (AvgIpc) is 2.59. The molecule has 0 saturated carbocycles. The number of hydrogen-bond acceptors (Lipinski definition) is 5. The maximum atomic E-state index is 12.6. The van der Waals surface area contributed by atoms with E-state index in [-0.39, 0.29) is 16.3 Å². The van der Waals surface area contributed by atoms with E-state index in [1.165, 1.54) is 28.6 Å². The molecular formula is C16H26N2O5S2. The number of rotatable bonds is 8. The van der Waals surface area contributed by atoms with Gasteiger partial charge in [-0.05, 0) is 49.4 Å². The molecule has 0 bridgehead atoms. The first kappa shape index (κ1) is 20.3. The van der Waals surface area contributed by atoms with Gasteiger partial charge in [-0.2, -0.15) is 4.31 Å². The zero-order valence-electron chi connectivity index (χ0n) is 14.6. The van der Waals surface area contributed by atoms with Gasteiger partial charge in [0.25, 0.3) is 0 Å². The lowest BCUT2D eigenvalue weighted by molar-refractivity contribution is 0.196. The largest absolute Gasteiger partial charge is 0.385 e. The molecule has 0 amide bonds. The van der Waals surface area contributed by atoms with Crippen molar-refractivity contribution in [3.63, 3.8) is 0 Å². The highest BCUT2D eigenvalue weighted by Gasteiger charge is 2.28. The van der Waals surface area contributed by atoms with E-state index in [1.807, 2.05) is 0 Å². The van der Waals surface area contributed by atoms with Crippen molar-refractivity contribution >= 4 is 20.0 Å². The van der Waals surface area contributed by atoms with E-state index in [4.69, 9.17) is 4.74 Å². The van der Waals surface area contributed by atoms with Crippen LogP contribution in [0.25, 0.3) is 0 Å². The highest BCUT2D eigenvalue weighted by Crippen LogP contribution is 2.24. The van der Waals surface area contributed by atoms with Gasteiger partial charge in [0.05, 0.1) is 9.79 Å². The second kappa shape index (κ2) is 8.59. The number of benzene rings is 1. The van der Waals surface area contributed by atoms with Crippen molar-refractivity contribution in [2.24, 2.45) is 5.92 Å². The lowest BCUT2D eigenvalue weighted by Gasteiger charge is -2.29. The van der Waals surface area contributed by atoms with E-state index < -0.39 is 20.0 Å². The minimum absolute atomic E-state index is 0.0520. The summed E-state index contributed by atoms with van der Waals surface area (Å²) in [7, 11) is -5.67. The summed E-state index contributed by atoms with van der Waals surface area (Å²) in [4.78, 5) is 0.177. The highest BCUT2D eigenvalue weighted by molar-refractivity contribution is 7.89. The summed E-state index contributed by atoms with van der Waals surface area (Å²) in [5.41, 5.74) is 0. The number of ether oxygens (including phenoxy) is 1. The average molecular weight is 391 g/mol. The van der Waals surface area contributed by atoms with Crippen LogP contribution >= 0.6 is 0 Å². The van der Waals surface area contributed by atoms with Crippen LogP contribution in [0.3, 0.4) is 0 Å². The predicted octanol–water partition coefficient (Wildman–Crippen LogP) is 1.42. The highest BCUT2D eigenvalue weighted by atomic mass is 32.2. The summed E-state index contributed by atoms with van der Waals surface area (Å²) in [6.45, 7) is 3.86. The Labute approximate surface area is 150 Å². The molecule has 2 rings (SSSR count). The second-order valence-corrected chi connectivity index (χ2v) is 10.0. The number of nitrogens with zero attached hydrogens (tertiary/aromatic N) is 1. The van der Waals surface area contributed by atoms with Crippen molar-refractivity contribution in [3.8, 4) is 0 Å². The molecule has 0 atom stereocenters. The summed E-state index contributed by atoms with van der Waals surface area (Å²) >= 11 is 0. The van der Waals surface area contributed by atoms with Crippen LogP contribution in [0, 0.1) is 5.92 Å². The smallest absolute Gasteiger partial charge is 0.243 e. The number of nitrogens with one attached hydrogen (secondary N) is 1. The Morgan fingerprint density at radius 2 is 1.64 bits per heavy atom. The number of piperidine rings is 1. The number of hydrogen-bond donors (Lipinski definition) is 1. The van der Waals surface area contributed by atoms with Gasteiger partial charge in [-0.3, -0.25) is 0 Å². The Morgan fingerprint density at radius 1 is 1.08 bits per heavy atom. The van der Waals surface area contributed by atoms with Crippen LogP contribution in [0.1, 0.15) is 26.2 Å². The SMILES string of the molecule is COCCCNS(=O)(=O)c1ccc(S(=O)(=O)N2CCC(C)CC2)cc1. The summed E-state index contributed by atoms with van der Waals surface area (Å²) in [5.74, 6) is 0.531. The van der Waals surface area contributed by atoms with Gasteiger partial charge in [0.2, 0.25) is 20.0 Å². The zero-order valence-corrected chi connectivity index (χ0v) is 16.3. The fourth-order valence-electron chi connectivity index (χ4n) is 2.67. The van der Waals surface area contributed by atoms with E-state index in [9.17, 15) is 16.8 Å². The fraction of sp³-hybridized carbons (Fsp3) is 0.625.